The van der Waals surface area contributed by atoms with Gasteiger partial charge in [0.1, 0.15) is 29.1 Å². The Morgan fingerprint density at radius 3 is 3.16 bits per heavy atom. The van der Waals surface area contributed by atoms with Crippen molar-refractivity contribution in [1.29, 1.82) is 0 Å². The van der Waals surface area contributed by atoms with Gasteiger partial charge in [-0.3, -0.25) is 0 Å². The molecule has 3 aromatic rings. The van der Waals surface area contributed by atoms with Crippen LogP contribution >= 0.6 is 0 Å². The van der Waals surface area contributed by atoms with Crippen LogP contribution in [0.15, 0.2) is 35.7 Å². The molecule has 0 bridgehead atoms. The Labute approximate surface area is 176 Å². The topological polar surface area (TPSA) is 127 Å². The van der Waals surface area contributed by atoms with Crippen molar-refractivity contribution in [2.75, 3.05) is 18.5 Å². The molecule has 160 valence electrons. The molecule has 1 N–H and O–H groups in total. The molecule has 3 heterocycles. The highest BCUT2D eigenvalue weighted by Crippen LogP contribution is 2.38. The highest BCUT2D eigenvalue weighted by molar-refractivity contribution is 5.95. The van der Waals surface area contributed by atoms with E-state index in [0.717, 1.165) is 5.56 Å². The van der Waals surface area contributed by atoms with Gasteiger partial charge in [-0.05, 0) is 37.6 Å². The molecule has 0 amide bonds. The van der Waals surface area contributed by atoms with Gasteiger partial charge >= 0.3 is 5.97 Å². The van der Waals surface area contributed by atoms with Crippen molar-refractivity contribution in [3.05, 3.63) is 63.5 Å². The Morgan fingerprint density at radius 2 is 2.39 bits per heavy atom. The lowest BCUT2D eigenvalue weighted by atomic mass is 10.0. The number of esters is 1. The SMILES string of the molecule is CCOC(=O)c1cnn2ccc(N[C@H](C)c3cc(F)cc4c3O[C@@H](CN=[N+]=[N-])C4)nc12. The fraction of sp³-hybridized carbons (Fsp3) is 0.350. The van der Waals surface area contributed by atoms with E-state index in [-0.39, 0.29) is 36.7 Å². The van der Waals surface area contributed by atoms with Crippen molar-refractivity contribution >= 4 is 17.4 Å². The second kappa shape index (κ2) is 8.49. The first kappa shape index (κ1) is 20.4. The average molecular weight is 425 g/mol. The smallest absolute Gasteiger partial charge is 0.343 e. The maximum atomic E-state index is 14.2. The molecule has 0 unspecified atom stereocenters. The first-order valence-electron chi connectivity index (χ1n) is 9.78. The van der Waals surface area contributed by atoms with Crippen LogP contribution in [0.5, 0.6) is 5.75 Å². The van der Waals surface area contributed by atoms with E-state index < -0.39 is 5.97 Å². The van der Waals surface area contributed by atoms with E-state index in [1.54, 1.807) is 19.2 Å². The standard InChI is InChI=1S/C20H20FN7O3/c1-3-30-20(29)16-10-24-28-5-4-17(26-19(16)28)25-11(2)15-8-13(21)6-12-7-14(9-23-27-22)31-18(12)15/h4-6,8,10-11,14H,3,7,9H2,1-2H3,(H,25,26)/t11-,14-/m1/s1. The van der Waals surface area contributed by atoms with Gasteiger partial charge in [-0.25, -0.2) is 18.7 Å². The average Bonchev–Trinajstić information content (AvgIpc) is 3.35. The number of carbonyl (C=O) groups is 1. The molecular weight excluding hydrogens is 405 g/mol. The van der Waals surface area contributed by atoms with E-state index in [0.29, 0.717) is 29.2 Å². The van der Waals surface area contributed by atoms with Gasteiger partial charge < -0.3 is 14.8 Å². The van der Waals surface area contributed by atoms with Gasteiger partial charge in [0.05, 0.1) is 25.4 Å². The van der Waals surface area contributed by atoms with Crippen LogP contribution in [-0.2, 0) is 11.2 Å². The minimum atomic E-state index is -0.502. The third-order valence-electron chi connectivity index (χ3n) is 4.94. The number of carbonyl (C=O) groups excluding carboxylic acids is 1. The van der Waals surface area contributed by atoms with Crippen LogP contribution in [0, 0.1) is 5.82 Å². The van der Waals surface area contributed by atoms with Gasteiger partial charge in [0.2, 0.25) is 0 Å². The molecule has 11 heteroatoms. The van der Waals surface area contributed by atoms with Crippen molar-refractivity contribution in [2.24, 2.45) is 5.11 Å². The number of nitrogens with one attached hydrogen (secondary N) is 1. The van der Waals surface area contributed by atoms with Gasteiger partial charge in [-0.2, -0.15) is 5.10 Å². The lowest BCUT2D eigenvalue weighted by molar-refractivity contribution is 0.0528. The van der Waals surface area contributed by atoms with Crippen LogP contribution in [0.1, 0.15) is 41.4 Å². The number of azide groups is 1. The summed E-state index contributed by atoms with van der Waals surface area (Å²) in [6.45, 7) is 4.00. The van der Waals surface area contributed by atoms with Crippen molar-refractivity contribution in [2.45, 2.75) is 32.4 Å². The van der Waals surface area contributed by atoms with E-state index in [4.69, 9.17) is 15.0 Å². The summed E-state index contributed by atoms with van der Waals surface area (Å²) >= 11 is 0. The molecule has 2 aromatic heterocycles. The summed E-state index contributed by atoms with van der Waals surface area (Å²) in [6, 6.07) is 4.19. The zero-order valence-corrected chi connectivity index (χ0v) is 16.9. The van der Waals surface area contributed by atoms with Crippen LogP contribution in [0.2, 0.25) is 0 Å². The number of nitrogens with zero attached hydrogens (tertiary/aromatic N) is 6. The summed E-state index contributed by atoms with van der Waals surface area (Å²) in [5.74, 6) is 0.182. The van der Waals surface area contributed by atoms with Crippen LogP contribution in [0.25, 0.3) is 16.1 Å². The number of hydrogen-bond donors (Lipinski definition) is 1. The number of rotatable bonds is 7. The van der Waals surface area contributed by atoms with Gasteiger partial charge in [0.25, 0.3) is 0 Å². The largest absolute Gasteiger partial charge is 0.489 e. The van der Waals surface area contributed by atoms with Crippen LogP contribution < -0.4 is 10.1 Å². The Morgan fingerprint density at radius 1 is 1.55 bits per heavy atom. The van der Waals surface area contributed by atoms with Crippen LogP contribution in [0.3, 0.4) is 0 Å². The van der Waals surface area contributed by atoms with Crippen molar-refractivity contribution in [3.8, 4) is 5.75 Å². The summed E-state index contributed by atoms with van der Waals surface area (Å²) in [5.41, 5.74) is 10.5. The first-order chi connectivity index (χ1) is 15.0. The number of aromatic nitrogens is 3. The lowest BCUT2D eigenvalue weighted by Crippen LogP contribution is -2.17. The maximum Gasteiger partial charge on any atom is 0.343 e. The van der Waals surface area contributed by atoms with Crippen molar-refractivity contribution < 1.29 is 18.7 Å². The minimum absolute atomic E-state index is 0.171. The third-order valence-corrected chi connectivity index (χ3v) is 4.94. The van der Waals surface area contributed by atoms with Gasteiger partial charge in [0.15, 0.2) is 5.65 Å². The molecule has 0 saturated heterocycles. The Bertz CT molecular complexity index is 1190. The van der Waals surface area contributed by atoms with Gasteiger partial charge in [-0.1, -0.05) is 5.11 Å². The molecular formula is C20H20FN7O3. The number of benzene rings is 1. The molecule has 2 atom stereocenters. The van der Waals surface area contributed by atoms with E-state index in [1.807, 2.05) is 6.92 Å². The predicted octanol–water partition coefficient (Wildman–Crippen LogP) is 3.83. The molecule has 10 nitrogen and oxygen atoms in total. The molecule has 31 heavy (non-hydrogen) atoms. The summed E-state index contributed by atoms with van der Waals surface area (Å²) in [4.78, 5) is 19.4. The second-order valence-electron chi connectivity index (χ2n) is 7.07. The highest BCUT2D eigenvalue weighted by Gasteiger charge is 2.28. The van der Waals surface area contributed by atoms with E-state index in [9.17, 15) is 9.18 Å². The molecule has 1 aromatic carbocycles. The number of fused-ring (bicyclic) bond motifs is 2. The summed E-state index contributed by atoms with van der Waals surface area (Å²) in [7, 11) is 0. The number of ether oxygens (including phenoxy) is 2. The molecule has 4 rings (SSSR count). The van der Waals surface area contributed by atoms with Crippen LogP contribution in [-0.4, -0.2) is 39.8 Å². The van der Waals surface area contributed by atoms with E-state index in [1.165, 1.54) is 22.8 Å². The predicted molar refractivity (Wildman–Crippen MR) is 110 cm³/mol. The number of halogens is 1. The van der Waals surface area contributed by atoms with E-state index >= 15 is 0 Å². The molecule has 0 fully saturated rings. The Kier molecular flexibility index (Phi) is 5.59. The zero-order valence-electron chi connectivity index (χ0n) is 16.9. The Balaban J connectivity index is 1.60. The summed E-state index contributed by atoms with van der Waals surface area (Å²) in [5, 5.41) is 10.9. The second-order valence-corrected chi connectivity index (χ2v) is 7.07. The molecule has 1 aliphatic rings. The van der Waals surface area contributed by atoms with Crippen molar-refractivity contribution in [1.82, 2.24) is 14.6 Å². The maximum absolute atomic E-state index is 14.2. The lowest BCUT2D eigenvalue weighted by Gasteiger charge is -2.19. The van der Waals surface area contributed by atoms with E-state index in [2.05, 4.69) is 25.4 Å². The van der Waals surface area contributed by atoms with Crippen molar-refractivity contribution in [3.63, 3.8) is 0 Å². The highest BCUT2D eigenvalue weighted by atomic mass is 19.1. The molecule has 0 spiro atoms. The molecule has 1 aliphatic heterocycles. The van der Waals surface area contributed by atoms with Gasteiger partial charge in [0, 0.05) is 28.7 Å². The summed E-state index contributed by atoms with van der Waals surface area (Å²) < 4.78 is 26.7. The quantitative estimate of drug-likeness (QED) is 0.265. The fourth-order valence-electron chi connectivity index (χ4n) is 3.57. The van der Waals surface area contributed by atoms with Crippen LogP contribution in [0.4, 0.5) is 10.2 Å². The number of hydrogen-bond acceptors (Lipinski definition) is 7. The normalized spacial score (nSPS) is 15.6. The Hall–Kier alpha value is -3.85. The molecule has 0 aliphatic carbocycles. The molecule has 0 radical (unpaired) electrons. The zero-order chi connectivity index (χ0) is 22.0. The third kappa shape index (κ3) is 4.08. The van der Waals surface area contributed by atoms with Gasteiger partial charge in [-0.15, -0.1) is 0 Å². The fourth-order valence-corrected chi connectivity index (χ4v) is 3.57. The number of anilines is 1. The first-order valence-corrected chi connectivity index (χ1v) is 9.78. The molecule has 0 saturated carbocycles. The summed E-state index contributed by atoms with van der Waals surface area (Å²) in [6.07, 6.45) is 3.22. The minimum Gasteiger partial charge on any atom is -0.489 e. The monoisotopic (exact) mass is 425 g/mol.